The minimum Gasteiger partial charge on any atom is -0.483 e. The van der Waals surface area contributed by atoms with Crippen LogP contribution in [-0.4, -0.2) is 24.8 Å². The van der Waals surface area contributed by atoms with Crippen molar-refractivity contribution in [2.45, 2.75) is 26.3 Å². The first-order valence-electron chi connectivity index (χ1n) is 5.63. The number of ether oxygens (including phenoxy) is 1. The Kier molecular flexibility index (Phi) is 5.20. The first-order chi connectivity index (χ1) is 8.17. The van der Waals surface area contributed by atoms with E-state index >= 15 is 0 Å². The Bertz CT molecular complexity index is 390. The van der Waals surface area contributed by atoms with Crippen LogP contribution in [0.5, 0.6) is 5.75 Å². The molecule has 0 aliphatic carbocycles. The molecule has 1 N–H and O–H groups in total. The van der Waals surface area contributed by atoms with E-state index in [0.717, 1.165) is 6.42 Å². The Morgan fingerprint density at radius 1 is 1.47 bits per heavy atom. The molecule has 0 aromatic heterocycles. The lowest BCUT2D eigenvalue weighted by molar-refractivity contribution is -0.123. The van der Waals surface area contributed by atoms with Crippen molar-refractivity contribution in [2.24, 2.45) is 0 Å². The average molecular weight is 235 g/mol. The molecule has 1 aromatic carbocycles. The molecule has 0 saturated heterocycles. The molecule has 92 valence electrons. The number of benzene rings is 1. The van der Waals surface area contributed by atoms with Gasteiger partial charge in [0.05, 0.1) is 5.56 Å². The first-order valence-corrected chi connectivity index (χ1v) is 5.63. The summed E-state index contributed by atoms with van der Waals surface area (Å²) in [5, 5.41) is 2.79. The van der Waals surface area contributed by atoms with Crippen molar-refractivity contribution < 1.29 is 14.3 Å². The highest BCUT2D eigenvalue weighted by Gasteiger charge is 2.07. The first kappa shape index (κ1) is 13.2. The zero-order valence-electron chi connectivity index (χ0n) is 10.1. The maximum atomic E-state index is 11.5. The molecule has 0 heterocycles. The summed E-state index contributed by atoms with van der Waals surface area (Å²) >= 11 is 0. The van der Waals surface area contributed by atoms with E-state index in [4.69, 9.17) is 4.74 Å². The second-order valence-electron chi connectivity index (χ2n) is 3.82. The Morgan fingerprint density at radius 3 is 2.82 bits per heavy atom. The summed E-state index contributed by atoms with van der Waals surface area (Å²) in [6.45, 7) is 3.85. The molecule has 0 bridgehead atoms. The van der Waals surface area contributed by atoms with Gasteiger partial charge in [-0.2, -0.15) is 0 Å². The summed E-state index contributed by atoms with van der Waals surface area (Å²) in [6, 6.07) is 6.95. The SMILES string of the molecule is CC[C@@H](C)NC(=O)COc1ccccc1C=O. The van der Waals surface area contributed by atoms with E-state index in [9.17, 15) is 9.59 Å². The van der Waals surface area contributed by atoms with Crippen molar-refractivity contribution in [3.05, 3.63) is 29.8 Å². The number of hydrogen-bond donors (Lipinski definition) is 1. The number of carbonyl (C=O) groups excluding carboxylic acids is 2. The third kappa shape index (κ3) is 4.26. The van der Waals surface area contributed by atoms with E-state index in [1.807, 2.05) is 13.8 Å². The lowest BCUT2D eigenvalue weighted by Crippen LogP contribution is -2.35. The number of rotatable bonds is 6. The molecule has 0 unspecified atom stereocenters. The number of aldehydes is 1. The topological polar surface area (TPSA) is 55.4 Å². The van der Waals surface area contributed by atoms with E-state index in [2.05, 4.69) is 5.32 Å². The quantitative estimate of drug-likeness (QED) is 0.765. The number of amides is 1. The van der Waals surface area contributed by atoms with Gasteiger partial charge in [-0.3, -0.25) is 9.59 Å². The van der Waals surface area contributed by atoms with Crippen LogP contribution in [0.4, 0.5) is 0 Å². The Balaban J connectivity index is 2.50. The van der Waals surface area contributed by atoms with Gasteiger partial charge >= 0.3 is 0 Å². The predicted octanol–water partition coefficient (Wildman–Crippen LogP) is 1.79. The van der Waals surface area contributed by atoms with Crippen molar-refractivity contribution in [1.82, 2.24) is 5.32 Å². The monoisotopic (exact) mass is 235 g/mol. The lowest BCUT2D eigenvalue weighted by atomic mass is 10.2. The zero-order valence-corrected chi connectivity index (χ0v) is 10.1. The maximum absolute atomic E-state index is 11.5. The van der Waals surface area contributed by atoms with Crippen LogP contribution in [0.15, 0.2) is 24.3 Å². The van der Waals surface area contributed by atoms with Gasteiger partial charge in [0.1, 0.15) is 5.75 Å². The largest absolute Gasteiger partial charge is 0.483 e. The highest BCUT2D eigenvalue weighted by molar-refractivity contribution is 5.80. The van der Waals surface area contributed by atoms with Gasteiger partial charge in [-0.25, -0.2) is 0 Å². The molecule has 1 aromatic rings. The van der Waals surface area contributed by atoms with Crippen LogP contribution in [-0.2, 0) is 4.79 Å². The molecule has 1 atom stereocenters. The molecule has 0 aliphatic rings. The van der Waals surface area contributed by atoms with Crippen LogP contribution in [0.1, 0.15) is 30.6 Å². The molecule has 1 rings (SSSR count). The zero-order chi connectivity index (χ0) is 12.7. The van der Waals surface area contributed by atoms with E-state index < -0.39 is 0 Å². The van der Waals surface area contributed by atoms with Gasteiger partial charge in [0.2, 0.25) is 0 Å². The molecule has 0 aliphatic heterocycles. The second-order valence-corrected chi connectivity index (χ2v) is 3.82. The normalized spacial score (nSPS) is 11.6. The fourth-order valence-electron chi connectivity index (χ4n) is 1.27. The molecule has 4 nitrogen and oxygen atoms in total. The van der Waals surface area contributed by atoms with Crippen molar-refractivity contribution >= 4 is 12.2 Å². The van der Waals surface area contributed by atoms with Crippen molar-refractivity contribution in [3.63, 3.8) is 0 Å². The minimum atomic E-state index is -0.181. The van der Waals surface area contributed by atoms with E-state index in [-0.39, 0.29) is 18.6 Å². The minimum absolute atomic E-state index is 0.0742. The number of para-hydroxylation sites is 1. The summed E-state index contributed by atoms with van der Waals surface area (Å²) < 4.78 is 5.29. The molecule has 4 heteroatoms. The Hall–Kier alpha value is -1.84. The number of hydrogen-bond acceptors (Lipinski definition) is 3. The van der Waals surface area contributed by atoms with E-state index in [0.29, 0.717) is 17.6 Å². The van der Waals surface area contributed by atoms with Gasteiger partial charge in [-0.1, -0.05) is 19.1 Å². The molecular weight excluding hydrogens is 218 g/mol. The highest BCUT2D eigenvalue weighted by atomic mass is 16.5. The molecule has 17 heavy (non-hydrogen) atoms. The number of nitrogens with one attached hydrogen (secondary N) is 1. The Labute approximate surface area is 101 Å². The van der Waals surface area contributed by atoms with Crippen LogP contribution in [0.25, 0.3) is 0 Å². The van der Waals surface area contributed by atoms with E-state index in [1.165, 1.54) is 0 Å². The summed E-state index contributed by atoms with van der Waals surface area (Å²) in [4.78, 5) is 22.2. The van der Waals surface area contributed by atoms with Crippen LogP contribution in [0.3, 0.4) is 0 Å². The van der Waals surface area contributed by atoms with Crippen molar-refractivity contribution in [2.75, 3.05) is 6.61 Å². The summed E-state index contributed by atoms with van der Waals surface area (Å²) in [7, 11) is 0. The van der Waals surface area contributed by atoms with Crippen molar-refractivity contribution in [1.29, 1.82) is 0 Å². The maximum Gasteiger partial charge on any atom is 0.258 e. The molecule has 1 amide bonds. The van der Waals surface area contributed by atoms with E-state index in [1.54, 1.807) is 24.3 Å². The van der Waals surface area contributed by atoms with Gasteiger partial charge < -0.3 is 10.1 Å². The Morgan fingerprint density at radius 2 is 2.18 bits per heavy atom. The van der Waals surface area contributed by atoms with Gasteiger partial charge in [0.15, 0.2) is 12.9 Å². The molecule has 0 spiro atoms. The average Bonchev–Trinajstić information content (AvgIpc) is 2.36. The second kappa shape index (κ2) is 6.68. The molecular formula is C13H17NO3. The fourth-order valence-corrected chi connectivity index (χ4v) is 1.27. The van der Waals surface area contributed by atoms with Gasteiger partial charge in [-0.15, -0.1) is 0 Å². The molecule has 0 radical (unpaired) electrons. The van der Waals surface area contributed by atoms with Crippen LogP contribution < -0.4 is 10.1 Å². The van der Waals surface area contributed by atoms with Crippen LogP contribution in [0.2, 0.25) is 0 Å². The fraction of sp³-hybridized carbons (Fsp3) is 0.385. The summed E-state index contributed by atoms with van der Waals surface area (Å²) in [5.41, 5.74) is 0.448. The van der Waals surface area contributed by atoms with Crippen LogP contribution >= 0.6 is 0 Å². The molecule has 0 saturated carbocycles. The number of carbonyl (C=O) groups is 2. The summed E-state index contributed by atoms with van der Waals surface area (Å²) in [5.74, 6) is 0.252. The predicted molar refractivity (Wildman–Crippen MR) is 65.2 cm³/mol. The van der Waals surface area contributed by atoms with Gasteiger partial charge in [0, 0.05) is 6.04 Å². The molecule has 0 fully saturated rings. The van der Waals surface area contributed by atoms with Crippen molar-refractivity contribution in [3.8, 4) is 5.75 Å². The summed E-state index contributed by atoms with van der Waals surface area (Å²) in [6.07, 6.45) is 1.58. The van der Waals surface area contributed by atoms with Gasteiger partial charge in [0.25, 0.3) is 5.91 Å². The smallest absolute Gasteiger partial charge is 0.258 e. The van der Waals surface area contributed by atoms with Crippen LogP contribution in [0, 0.1) is 0 Å². The third-order valence-corrected chi connectivity index (χ3v) is 2.42. The third-order valence-electron chi connectivity index (χ3n) is 2.42. The van der Waals surface area contributed by atoms with Gasteiger partial charge in [-0.05, 0) is 25.5 Å². The standard InChI is InChI=1S/C13H17NO3/c1-3-10(2)14-13(16)9-17-12-7-5-4-6-11(12)8-15/h4-8,10H,3,9H2,1-2H3,(H,14,16)/t10-/m1/s1. The lowest BCUT2D eigenvalue weighted by Gasteiger charge is -2.12. The highest BCUT2D eigenvalue weighted by Crippen LogP contribution is 2.15.